The normalized spacial score (nSPS) is 10.6. The third-order valence-corrected chi connectivity index (χ3v) is 4.31. The van der Waals surface area contributed by atoms with Crippen LogP contribution in [0.2, 0.25) is 0 Å². The van der Waals surface area contributed by atoms with Gasteiger partial charge in [0.2, 0.25) is 5.91 Å². The van der Waals surface area contributed by atoms with Crippen LogP contribution in [0, 0.1) is 0 Å². The minimum Gasteiger partial charge on any atom is -0.385 e. The fourth-order valence-electron chi connectivity index (χ4n) is 2.06. The maximum absolute atomic E-state index is 12.1. The summed E-state index contributed by atoms with van der Waals surface area (Å²) in [5, 5.41) is 11.6. The average Bonchev–Trinajstić information content (AvgIpc) is 3.01. The third-order valence-electron chi connectivity index (χ3n) is 3.33. The molecule has 2 aromatic rings. The van der Waals surface area contributed by atoms with Crippen molar-refractivity contribution >= 4 is 29.0 Å². The zero-order valence-electron chi connectivity index (χ0n) is 14.2. The summed E-state index contributed by atoms with van der Waals surface area (Å²) >= 11 is 1.38. The lowest BCUT2D eigenvalue weighted by Gasteiger charge is -2.13. The first-order chi connectivity index (χ1) is 11.6. The van der Waals surface area contributed by atoms with E-state index in [2.05, 4.69) is 15.5 Å². The molecule has 1 N–H and O–H groups in total. The lowest BCUT2D eigenvalue weighted by Crippen LogP contribution is -2.15. The summed E-state index contributed by atoms with van der Waals surface area (Å²) in [7, 11) is 5.64. The number of ether oxygens (including phenoxy) is 1. The highest BCUT2D eigenvalue weighted by atomic mass is 32.2. The molecule has 0 saturated heterocycles. The number of nitrogens with one attached hydrogen (secondary N) is 1. The lowest BCUT2D eigenvalue weighted by molar-refractivity contribution is -0.113. The molecular formula is C16H23N5O2S. The summed E-state index contributed by atoms with van der Waals surface area (Å²) in [6, 6.07) is 7.72. The summed E-state index contributed by atoms with van der Waals surface area (Å²) in [6.45, 7) is 1.46. The Hall–Kier alpha value is -2.06. The summed E-state index contributed by atoms with van der Waals surface area (Å²) < 4.78 is 6.97. The molecule has 0 aliphatic rings. The van der Waals surface area contributed by atoms with Crippen LogP contribution in [0.5, 0.6) is 0 Å². The van der Waals surface area contributed by atoms with E-state index in [0.29, 0.717) is 12.4 Å². The number of hydrogen-bond donors (Lipinski definition) is 1. The largest absolute Gasteiger partial charge is 0.385 e. The van der Waals surface area contributed by atoms with Gasteiger partial charge in [0.05, 0.1) is 5.75 Å². The number of anilines is 2. The number of carbonyl (C=O) groups excluding carboxylic acids is 1. The van der Waals surface area contributed by atoms with Crippen molar-refractivity contribution in [1.29, 1.82) is 0 Å². The Bertz CT molecular complexity index is 642. The molecule has 7 nitrogen and oxygen atoms in total. The van der Waals surface area contributed by atoms with Gasteiger partial charge >= 0.3 is 0 Å². The van der Waals surface area contributed by atoms with Crippen molar-refractivity contribution in [3.05, 3.63) is 30.6 Å². The van der Waals surface area contributed by atoms with Gasteiger partial charge in [0.1, 0.15) is 6.33 Å². The number of hydrogen-bond acceptors (Lipinski definition) is 6. The average molecular weight is 349 g/mol. The fourth-order valence-corrected chi connectivity index (χ4v) is 2.80. The van der Waals surface area contributed by atoms with E-state index < -0.39 is 0 Å². The Morgan fingerprint density at radius 3 is 2.75 bits per heavy atom. The zero-order chi connectivity index (χ0) is 17.4. The molecule has 0 atom stereocenters. The number of benzene rings is 1. The Morgan fingerprint density at radius 1 is 1.33 bits per heavy atom. The number of methoxy groups -OCH3 is 1. The van der Waals surface area contributed by atoms with Gasteiger partial charge in [-0.1, -0.05) is 11.8 Å². The molecule has 0 saturated carbocycles. The first-order valence-electron chi connectivity index (χ1n) is 7.67. The molecule has 0 aliphatic heterocycles. The van der Waals surface area contributed by atoms with Gasteiger partial charge in [-0.15, -0.1) is 10.2 Å². The van der Waals surface area contributed by atoms with Crippen LogP contribution < -0.4 is 10.2 Å². The van der Waals surface area contributed by atoms with Crippen LogP contribution in [0.25, 0.3) is 0 Å². The van der Waals surface area contributed by atoms with Crippen molar-refractivity contribution in [2.45, 2.75) is 18.1 Å². The summed E-state index contributed by atoms with van der Waals surface area (Å²) in [4.78, 5) is 14.1. The van der Waals surface area contributed by atoms with Crippen molar-refractivity contribution in [3.63, 3.8) is 0 Å². The van der Waals surface area contributed by atoms with Gasteiger partial charge in [0, 0.05) is 45.7 Å². The van der Waals surface area contributed by atoms with Crippen molar-refractivity contribution < 1.29 is 9.53 Å². The minimum absolute atomic E-state index is 0.0657. The van der Waals surface area contributed by atoms with Gasteiger partial charge in [0.25, 0.3) is 0 Å². The van der Waals surface area contributed by atoms with Gasteiger partial charge < -0.3 is 19.5 Å². The van der Waals surface area contributed by atoms with Crippen LogP contribution in [0.1, 0.15) is 6.42 Å². The molecule has 1 heterocycles. The molecule has 24 heavy (non-hydrogen) atoms. The van der Waals surface area contributed by atoms with Crippen molar-refractivity contribution in [2.24, 2.45) is 0 Å². The van der Waals surface area contributed by atoms with E-state index in [4.69, 9.17) is 4.74 Å². The summed E-state index contributed by atoms with van der Waals surface area (Å²) in [6.07, 6.45) is 2.56. The summed E-state index contributed by atoms with van der Waals surface area (Å²) in [5.74, 6) is 0.224. The van der Waals surface area contributed by atoms with Gasteiger partial charge in [-0.05, 0) is 30.7 Å². The quantitative estimate of drug-likeness (QED) is 0.552. The summed E-state index contributed by atoms with van der Waals surface area (Å²) in [5.41, 5.74) is 1.87. The second kappa shape index (κ2) is 9.29. The molecule has 0 unspecified atom stereocenters. The number of thioether (sulfide) groups is 1. The standard InChI is InChI=1S/C16H23N5O2S/c1-20(2)14-7-5-13(6-8-14)18-15(22)11-24-16-19-17-12-21(16)9-4-10-23-3/h5-8,12H,4,9-11H2,1-3H3,(H,18,22). The molecule has 0 spiro atoms. The van der Waals surface area contributed by atoms with Crippen LogP contribution in [0.15, 0.2) is 35.7 Å². The molecule has 2 rings (SSSR count). The van der Waals surface area contributed by atoms with Crippen LogP contribution in [-0.4, -0.2) is 54.2 Å². The first-order valence-corrected chi connectivity index (χ1v) is 8.65. The monoisotopic (exact) mass is 349 g/mol. The zero-order valence-corrected chi connectivity index (χ0v) is 15.0. The number of aromatic nitrogens is 3. The second-order valence-corrected chi connectivity index (χ2v) is 6.37. The van der Waals surface area contributed by atoms with Crippen molar-refractivity contribution in [3.8, 4) is 0 Å². The molecule has 1 amide bonds. The molecule has 130 valence electrons. The van der Waals surface area contributed by atoms with Gasteiger partial charge in [-0.25, -0.2) is 0 Å². The van der Waals surface area contributed by atoms with Crippen LogP contribution in [0.3, 0.4) is 0 Å². The highest BCUT2D eigenvalue weighted by Gasteiger charge is 2.09. The van der Waals surface area contributed by atoms with E-state index in [1.54, 1.807) is 13.4 Å². The van der Waals surface area contributed by atoms with E-state index in [1.807, 2.05) is 47.8 Å². The number of nitrogens with zero attached hydrogens (tertiary/aromatic N) is 4. The smallest absolute Gasteiger partial charge is 0.234 e. The van der Waals surface area contributed by atoms with Crippen molar-refractivity contribution in [2.75, 3.05) is 43.8 Å². The predicted molar refractivity (Wildman–Crippen MR) is 96.6 cm³/mol. The Kier molecular flexibility index (Phi) is 7.07. The van der Waals surface area contributed by atoms with Crippen molar-refractivity contribution in [1.82, 2.24) is 14.8 Å². The van der Waals surface area contributed by atoms with Crippen LogP contribution in [0.4, 0.5) is 11.4 Å². The maximum Gasteiger partial charge on any atom is 0.234 e. The molecule has 0 bridgehead atoms. The van der Waals surface area contributed by atoms with E-state index >= 15 is 0 Å². The Balaban J connectivity index is 1.82. The van der Waals surface area contributed by atoms with E-state index in [1.165, 1.54) is 11.8 Å². The number of amides is 1. The van der Waals surface area contributed by atoms with E-state index in [0.717, 1.165) is 29.5 Å². The highest BCUT2D eigenvalue weighted by molar-refractivity contribution is 7.99. The predicted octanol–water partition coefficient (Wildman–Crippen LogP) is 2.11. The van der Waals surface area contributed by atoms with Gasteiger partial charge in [0.15, 0.2) is 5.16 Å². The highest BCUT2D eigenvalue weighted by Crippen LogP contribution is 2.18. The second-order valence-electron chi connectivity index (χ2n) is 5.43. The Labute approximate surface area is 146 Å². The maximum atomic E-state index is 12.1. The lowest BCUT2D eigenvalue weighted by atomic mass is 10.2. The van der Waals surface area contributed by atoms with E-state index in [9.17, 15) is 4.79 Å². The van der Waals surface area contributed by atoms with Gasteiger partial charge in [-0.3, -0.25) is 4.79 Å². The molecule has 0 aliphatic carbocycles. The number of carbonyl (C=O) groups is 1. The molecule has 0 fully saturated rings. The SMILES string of the molecule is COCCCn1cnnc1SCC(=O)Nc1ccc(N(C)C)cc1. The molecular weight excluding hydrogens is 326 g/mol. The molecule has 8 heteroatoms. The molecule has 1 aromatic heterocycles. The first kappa shape index (κ1) is 18.3. The minimum atomic E-state index is -0.0657. The molecule has 0 radical (unpaired) electrons. The van der Waals surface area contributed by atoms with Gasteiger partial charge in [-0.2, -0.15) is 0 Å². The van der Waals surface area contributed by atoms with Crippen LogP contribution in [-0.2, 0) is 16.1 Å². The third kappa shape index (κ3) is 5.54. The molecule has 1 aromatic carbocycles. The Morgan fingerprint density at radius 2 is 2.08 bits per heavy atom. The number of aryl methyl sites for hydroxylation is 1. The number of rotatable bonds is 9. The van der Waals surface area contributed by atoms with E-state index in [-0.39, 0.29) is 5.91 Å². The topological polar surface area (TPSA) is 72.3 Å². The fraction of sp³-hybridized carbons (Fsp3) is 0.438. The van der Waals surface area contributed by atoms with Crippen LogP contribution >= 0.6 is 11.8 Å².